The van der Waals surface area contributed by atoms with E-state index in [1.165, 1.54) is 6.07 Å². The molecule has 1 N–H and O–H groups in total. The zero-order chi connectivity index (χ0) is 12.7. The van der Waals surface area contributed by atoms with Gasteiger partial charge in [-0.1, -0.05) is 18.5 Å². The number of hydrogen-bond acceptors (Lipinski definition) is 2. The fourth-order valence-electron chi connectivity index (χ4n) is 1.76. The summed E-state index contributed by atoms with van der Waals surface area (Å²) in [7, 11) is 1.92. The van der Waals surface area contributed by atoms with Crippen LogP contribution in [0.4, 0.5) is 4.39 Å². The second-order valence-corrected chi connectivity index (χ2v) is 4.55. The van der Waals surface area contributed by atoms with Gasteiger partial charge in [0.25, 0.3) is 0 Å². The van der Waals surface area contributed by atoms with Gasteiger partial charge in [-0.3, -0.25) is 4.90 Å². The van der Waals surface area contributed by atoms with Crippen molar-refractivity contribution >= 4 is 11.6 Å². The molecule has 0 aliphatic heterocycles. The maximum Gasteiger partial charge on any atom is 0.127 e. The van der Waals surface area contributed by atoms with E-state index in [0.29, 0.717) is 17.1 Å². The summed E-state index contributed by atoms with van der Waals surface area (Å²) in [6.07, 6.45) is 1.06. The molecular weight excluding hydrogens is 239 g/mol. The lowest BCUT2D eigenvalue weighted by atomic mass is 10.2. The van der Waals surface area contributed by atoms with Gasteiger partial charge in [-0.2, -0.15) is 0 Å². The van der Waals surface area contributed by atoms with Gasteiger partial charge in [0.1, 0.15) is 5.82 Å². The lowest BCUT2D eigenvalue weighted by Crippen LogP contribution is -2.31. The van der Waals surface area contributed by atoms with Crippen molar-refractivity contribution in [2.24, 2.45) is 0 Å². The average molecular weight is 259 g/mol. The second kappa shape index (κ2) is 7.64. The Bertz CT molecular complexity index is 344. The highest BCUT2D eigenvalue weighted by Gasteiger charge is 2.09. The summed E-state index contributed by atoms with van der Waals surface area (Å²) in [5.41, 5.74) is 0.669. The Kier molecular flexibility index (Phi) is 6.48. The summed E-state index contributed by atoms with van der Waals surface area (Å²) >= 11 is 5.88. The molecule has 0 spiro atoms. The van der Waals surface area contributed by atoms with Gasteiger partial charge >= 0.3 is 0 Å². The monoisotopic (exact) mass is 258 g/mol. The summed E-state index contributed by atoms with van der Waals surface area (Å²) in [6, 6.07) is 4.72. The van der Waals surface area contributed by atoms with Gasteiger partial charge in [0.2, 0.25) is 0 Å². The van der Waals surface area contributed by atoms with Crippen LogP contribution in [0.5, 0.6) is 0 Å². The molecule has 1 aromatic rings. The lowest BCUT2D eigenvalue weighted by molar-refractivity contribution is 0.264. The minimum Gasteiger partial charge on any atom is -0.318 e. The van der Waals surface area contributed by atoms with E-state index in [0.717, 1.165) is 26.1 Å². The van der Waals surface area contributed by atoms with Crippen molar-refractivity contribution in [2.75, 3.05) is 26.7 Å². The fraction of sp³-hybridized carbons (Fsp3) is 0.538. The SMILES string of the molecule is CCCN(CCNC)Cc1cc(Cl)ccc1F. The summed E-state index contributed by atoms with van der Waals surface area (Å²) in [6.45, 7) is 5.52. The molecule has 0 aliphatic carbocycles. The smallest absolute Gasteiger partial charge is 0.127 e. The fourth-order valence-corrected chi connectivity index (χ4v) is 1.96. The molecule has 0 aromatic heterocycles. The minimum atomic E-state index is -0.181. The molecule has 1 aromatic carbocycles. The van der Waals surface area contributed by atoms with Crippen molar-refractivity contribution in [1.29, 1.82) is 0 Å². The molecule has 0 aliphatic rings. The highest BCUT2D eigenvalue weighted by Crippen LogP contribution is 2.16. The Morgan fingerprint density at radius 2 is 2.12 bits per heavy atom. The van der Waals surface area contributed by atoms with Crippen LogP contribution in [0.25, 0.3) is 0 Å². The molecule has 0 saturated carbocycles. The molecule has 2 nitrogen and oxygen atoms in total. The quantitative estimate of drug-likeness (QED) is 0.809. The Labute approximate surface area is 108 Å². The molecule has 0 radical (unpaired) electrons. The lowest BCUT2D eigenvalue weighted by Gasteiger charge is -2.21. The third-order valence-electron chi connectivity index (χ3n) is 2.62. The maximum absolute atomic E-state index is 13.6. The molecule has 0 amide bonds. The molecule has 4 heteroatoms. The summed E-state index contributed by atoms with van der Waals surface area (Å²) in [4.78, 5) is 2.23. The zero-order valence-corrected chi connectivity index (χ0v) is 11.2. The van der Waals surface area contributed by atoms with E-state index in [4.69, 9.17) is 11.6 Å². The highest BCUT2D eigenvalue weighted by molar-refractivity contribution is 6.30. The third-order valence-corrected chi connectivity index (χ3v) is 2.85. The van der Waals surface area contributed by atoms with Crippen LogP contribution in [0.3, 0.4) is 0 Å². The largest absolute Gasteiger partial charge is 0.318 e. The second-order valence-electron chi connectivity index (χ2n) is 4.12. The normalized spacial score (nSPS) is 11.1. The topological polar surface area (TPSA) is 15.3 Å². The van der Waals surface area contributed by atoms with Crippen LogP contribution in [0.1, 0.15) is 18.9 Å². The van der Waals surface area contributed by atoms with Crippen molar-refractivity contribution in [3.8, 4) is 0 Å². The van der Waals surface area contributed by atoms with E-state index in [2.05, 4.69) is 17.1 Å². The first-order valence-electron chi connectivity index (χ1n) is 5.98. The molecule has 0 saturated heterocycles. The maximum atomic E-state index is 13.6. The molecular formula is C13H20ClFN2. The summed E-state index contributed by atoms with van der Waals surface area (Å²) in [5, 5.41) is 3.70. The minimum absolute atomic E-state index is 0.181. The molecule has 0 bridgehead atoms. The summed E-state index contributed by atoms with van der Waals surface area (Å²) < 4.78 is 13.6. The van der Waals surface area contributed by atoms with Crippen molar-refractivity contribution in [1.82, 2.24) is 10.2 Å². The van der Waals surface area contributed by atoms with E-state index in [1.54, 1.807) is 12.1 Å². The van der Waals surface area contributed by atoms with Crippen molar-refractivity contribution in [3.05, 3.63) is 34.6 Å². The Morgan fingerprint density at radius 3 is 2.76 bits per heavy atom. The molecule has 17 heavy (non-hydrogen) atoms. The molecule has 1 rings (SSSR count). The van der Waals surface area contributed by atoms with Gasteiger partial charge in [-0.15, -0.1) is 0 Å². The Balaban J connectivity index is 2.67. The molecule has 0 unspecified atom stereocenters. The van der Waals surface area contributed by atoms with E-state index in [9.17, 15) is 4.39 Å². The standard InChI is InChI=1S/C13H20ClFN2/c1-3-7-17(8-6-16-2)10-11-9-12(14)4-5-13(11)15/h4-5,9,16H,3,6-8,10H2,1-2H3. The van der Waals surface area contributed by atoms with Crippen molar-refractivity contribution in [3.63, 3.8) is 0 Å². The van der Waals surface area contributed by atoms with E-state index in [1.807, 2.05) is 7.05 Å². The number of halogens is 2. The van der Waals surface area contributed by atoms with Crippen LogP contribution in [-0.2, 0) is 6.54 Å². The molecule has 0 fully saturated rings. The van der Waals surface area contributed by atoms with Crippen molar-refractivity contribution < 1.29 is 4.39 Å². The number of rotatable bonds is 7. The Hall–Kier alpha value is -0.640. The van der Waals surface area contributed by atoms with Crippen LogP contribution in [0.2, 0.25) is 5.02 Å². The summed E-state index contributed by atoms with van der Waals surface area (Å²) in [5.74, 6) is -0.181. The van der Waals surface area contributed by atoms with Gasteiger partial charge in [0.15, 0.2) is 0 Å². The zero-order valence-electron chi connectivity index (χ0n) is 10.5. The van der Waals surface area contributed by atoms with Crippen LogP contribution in [0.15, 0.2) is 18.2 Å². The van der Waals surface area contributed by atoms with Gasteiger partial charge < -0.3 is 5.32 Å². The van der Waals surface area contributed by atoms with E-state index in [-0.39, 0.29) is 5.82 Å². The molecule has 0 heterocycles. The predicted octanol–water partition coefficient (Wildman–Crippen LogP) is 2.91. The van der Waals surface area contributed by atoms with Crippen LogP contribution in [-0.4, -0.2) is 31.6 Å². The number of nitrogens with one attached hydrogen (secondary N) is 1. The molecule has 0 atom stereocenters. The number of nitrogens with zero attached hydrogens (tertiary/aromatic N) is 1. The van der Waals surface area contributed by atoms with Crippen LogP contribution < -0.4 is 5.32 Å². The van der Waals surface area contributed by atoms with Gasteiger partial charge in [-0.05, 0) is 38.2 Å². The highest BCUT2D eigenvalue weighted by atomic mass is 35.5. The first-order valence-corrected chi connectivity index (χ1v) is 6.36. The van der Waals surface area contributed by atoms with Gasteiger partial charge in [0.05, 0.1) is 0 Å². The average Bonchev–Trinajstić information content (AvgIpc) is 2.31. The van der Waals surface area contributed by atoms with Crippen LogP contribution in [0, 0.1) is 5.82 Å². The first kappa shape index (κ1) is 14.4. The van der Waals surface area contributed by atoms with Crippen LogP contribution >= 0.6 is 11.6 Å². The van der Waals surface area contributed by atoms with Crippen molar-refractivity contribution in [2.45, 2.75) is 19.9 Å². The van der Waals surface area contributed by atoms with Gasteiger partial charge in [-0.25, -0.2) is 4.39 Å². The number of benzene rings is 1. The van der Waals surface area contributed by atoms with E-state index < -0.39 is 0 Å². The number of hydrogen-bond donors (Lipinski definition) is 1. The Morgan fingerprint density at radius 1 is 1.35 bits per heavy atom. The first-order chi connectivity index (χ1) is 8.17. The van der Waals surface area contributed by atoms with Gasteiger partial charge in [0, 0.05) is 30.2 Å². The van der Waals surface area contributed by atoms with E-state index >= 15 is 0 Å². The predicted molar refractivity (Wildman–Crippen MR) is 70.9 cm³/mol. The molecule has 96 valence electrons. The number of likely N-dealkylation sites (N-methyl/N-ethyl adjacent to an activating group) is 1. The third kappa shape index (κ3) is 5.02.